The summed E-state index contributed by atoms with van der Waals surface area (Å²) in [4.78, 5) is 15.5. The monoisotopic (exact) mass is 271 g/mol. The van der Waals surface area contributed by atoms with E-state index in [9.17, 15) is 0 Å². The van der Waals surface area contributed by atoms with Crippen molar-refractivity contribution in [1.82, 2.24) is 19.9 Å². The van der Waals surface area contributed by atoms with Gasteiger partial charge in [0.1, 0.15) is 5.52 Å². The number of thiol groups is 1. The molecule has 0 fully saturated rings. The van der Waals surface area contributed by atoms with E-state index in [1.165, 1.54) is 5.56 Å². The van der Waals surface area contributed by atoms with Crippen molar-refractivity contribution in [2.24, 2.45) is 0 Å². The molecule has 0 bridgehead atoms. The fraction of sp³-hybridized carbons (Fsp3) is 0.154. The van der Waals surface area contributed by atoms with E-state index in [2.05, 4.69) is 32.6 Å². The highest BCUT2D eigenvalue weighted by Crippen LogP contribution is 2.30. The average Bonchev–Trinajstić information content (AvgIpc) is 2.85. The molecule has 0 radical (unpaired) electrons. The van der Waals surface area contributed by atoms with Crippen LogP contribution in [-0.2, 0) is 0 Å². The smallest absolute Gasteiger partial charge is 0.222 e. The molecular weight excluding hydrogens is 258 g/mol. The van der Waals surface area contributed by atoms with Gasteiger partial charge in [0.05, 0.1) is 17.3 Å². The lowest BCUT2D eigenvalue weighted by molar-refractivity contribution is 1.05. The molecule has 19 heavy (non-hydrogen) atoms. The van der Waals surface area contributed by atoms with Gasteiger partial charge in [0.2, 0.25) is 5.95 Å². The number of nitrogens with zero attached hydrogens (tertiary/aromatic N) is 3. The number of nitrogens with two attached hydrogens (primary N) is 1. The number of aromatic nitrogens is 4. The molecule has 3 aromatic rings. The van der Waals surface area contributed by atoms with Crippen LogP contribution < -0.4 is 5.73 Å². The molecule has 1 unspecified atom stereocenters. The van der Waals surface area contributed by atoms with E-state index in [0.717, 1.165) is 16.8 Å². The third-order valence-corrected chi connectivity index (χ3v) is 3.53. The van der Waals surface area contributed by atoms with Gasteiger partial charge in [0.25, 0.3) is 0 Å². The van der Waals surface area contributed by atoms with Crippen molar-refractivity contribution < 1.29 is 0 Å². The third-order valence-electron chi connectivity index (χ3n) is 2.98. The number of aromatic amines is 1. The molecule has 2 aromatic heterocycles. The first-order chi connectivity index (χ1) is 9.15. The summed E-state index contributed by atoms with van der Waals surface area (Å²) in [7, 11) is 0. The average molecular weight is 271 g/mol. The van der Waals surface area contributed by atoms with Crippen molar-refractivity contribution in [1.29, 1.82) is 0 Å². The van der Waals surface area contributed by atoms with Crippen molar-refractivity contribution >= 4 is 29.7 Å². The number of H-pyrrole nitrogens is 1. The molecule has 5 nitrogen and oxygen atoms in total. The Labute approximate surface area is 115 Å². The quantitative estimate of drug-likeness (QED) is 0.625. The molecule has 1 atom stereocenters. The summed E-state index contributed by atoms with van der Waals surface area (Å²) in [6.45, 7) is 2.05. The molecule has 3 N–H and O–H groups in total. The minimum absolute atomic E-state index is 0.172. The van der Waals surface area contributed by atoms with E-state index in [4.69, 9.17) is 5.73 Å². The van der Waals surface area contributed by atoms with Crippen molar-refractivity contribution in [3.05, 3.63) is 47.4 Å². The van der Waals surface area contributed by atoms with Crippen LogP contribution in [-0.4, -0.2) is 19.9 Å². The summed E-state index contributed by atoms with van der Waals surface area (Å²) < 4.78 is 0. The maximum Gasteiger partial charge on any atom is 0.222 e. The van der Waals surface area contributed by atoms with Gasteiger partial charge >= 0.3 is 0 Å². The largest absolute Gasteiger partial charge is 0.368 e. The SMILES string of the molecule is Cc1ccc(C(S)c2nc(N)nc3nc[nH]c23)cc1. The summed E-state index contributed by atoms with van der Waals surface area (Å²) in [6.07, 6.45) is 1.58. The molecule has 1 aromatic carbocycles. The molecule has 96 valence electrons. The Morgan fingerprint density at radius 2 is 1.95 bits per heavy atom. The van der Waals surface area contributed by atoms with Crippen LogP contribution in [0.25, 0.3) is 11.2 Å². The first-order valence-electron chi connectivity index (χ1n) is 5.86. The number of rotatable bonds is 2. The lowest BCUT2D eigenvalue weighted by atomic mass is 10.1. The maximum absolute atomic E-state index is 5.71. The van der Waals surface area contributed by atoms with Crippen LogP contribution in [0.15, 0.2) is 30.6 Å². The molecule has 0 saturated heterocycles. The Bertz CT molecular complexity index is 719. The number of anilines is 1. The number of nitrogen functional groups attached to an aromatic ring is 1. The van der Waals surface area contributed by atoms with Gasteiger partial charge < -0.3 is 10.7 Å². The van der Waals surface area contributed by atoms with Gasteiger partial charge in [0, 0.05) is 0 Å². The van der Waals surface area contributed by atoms with E-state index in [1.807, 2.05) is 31.2 Å². The normalized spacial score (nSPS) is 12.7. The second-order valence-electron chi connectivity index (χ2n) is 4.38. The molecule has 0 aliphatic carbocycles. The van der Waals surface area contributed by atoms with Crippen LogP contribution in [0.2, 0.25) is 0 Å². The van der Waals surface area contributed by atoms with Gasteiger partial charge in [-0.1, -0.05) is 29.8 Å². The lowest BCUT2D eigenvalue weighted by Gasteiger charge is -2.12. The molecule has 6 heteroatoms. The lowest BCUT2D eigenvalue weighted by Crippen LogP contribution is -2.04. The number of nitrogens with one attached hydrogen (secondary N) is 1. The predicted octanol–water partition coefficient (Wildman–Crippen LogP) is 2.26. The Kier molecular flexibility index (Phi) is 2.87. The topological polar surface area (TPSA) is 80.5 Å². The van der Waals surface area contributed by atoms with Crippen LogP contribution in [0, 0.1) is 6.92 Å². The van der Waals surface area contributed by atoms with Crippen LogP contribution in [0.3, 0.4) is 0 Å². The Hall–Kier alpha value is -2.08. The van der Waals surface area contributed by atoms with Crippen LogP contribution in [0.4, 0.5) is 5.95 Å². The number of aryl methyl sites for hydroxylation is 1. The van der Waals surface area contributed by atoms with Crippen molar-refractivity contribution in [3.63, 3.8) is 0 Å². The Morgan fingerprint density at radius 3 is 2.68 bits per heavy atom. The van der Waals surface area contributed by atoms with Gasteiger partial charge in [0.15, 0.2) is 5.65 Å². The van der Waals surface area contributed by atoms with Gasteiger partial charge in [-0.05, 0) is 12.5 Å². The number of fused-ring (bicyclic) bond motifs is 1. The first-order valence-corrected chi connectivity index (χ1v) is 6.38. The second-order valence-corrected chi connectivity index (χ2v) is 4.90. The van der Waals surface area contributed by atoms with E-state index >= 15 is 0 Å². The molecule has 0 aliphatic heterocycles. The summed E-state index contributed by atoms with van der Waals surface area (Å²) in [6, 6.07) is 8.17. The maximum atomic E-state index is 5.71. The Balaban J connectivity index is 2.12. The second kappa shape index (κ2) is 4.55. The first kappa shape index (κ1) is 12.0. The number of benzene rings is 1. The van der Waals surface area contributed by atoms with Gasteiger partial charge in [-0.2, -0.15) is 17.6 Å². The highest BCUT2D eigenvalue weighted by molar-refractivity contribution is 7.80. The highest BCUT2D eigenvalue weighted by Gasteiger charge is 2.17. The van der Waals surface area contributed by atoms with Crippen molar-refractivity contribution in [3.8, 4) is 0 Å². The molecule has 2 heterocycles. The molecule has 0 aliphatic rings. The minimum atomic E-state index is -0.172. The summed E-state index contributed by atoms with van der Waals surface area (Å²) in [5.41, 5.74) is 10.1. The number of imidazole rings is 1. The van der Waals surface area contributed by atoms with Gasteiger partial charge in [-0.3, -0.25) is 0 Å². The summed E-state index contributed by atoms with van der Waals surface area (Å²) in [5, 5.41) is -0.172. The van der Waals surface area contributed by atoms with Crippen LogP contribution in [0.1, 0.15) is 22.1 Å². The van der Waals surface area contributed by atoms with Crippen LogP contribution in [0.5, 0.6) is 0 Å². The van der Waals surface area contributed by atoms with Crippen molar-refractivity contribution in [2.45, 2.75) is 12.2 Å². The molecule has 0 saturated carbocycles. The fourth-order valence-electron chi connectivity index (χ4n) is 1.98. The third kappa shape index (κ3) is 2.15. The molecule has 0 amide bonds. The molecule has 3 rings (SSSR count). The molecular formula is C13H13N5S. The zero-order valence-electron chi connectivity index (χ0n) is 10.3. The predicted molar refractivity (Wildman–Crippen MR) is 78.1 cm³/mol. The summed E-state index contributed by atoms with van der Waals surface area (Å²) >= 11 is 4.65. The fourth-order valence-corrected chi connectivity index (χ4v) is 2.34. The number of hydrogen-bond acceptors (Lipinski definition) is 5. The Morgan fingerprint density at radius 1 is 1.21 bits per heavy atom. The van der Waals surface area contributed by atoms with Gasteiger partial charge in [-0.25, -0.2) is 9.97 Å². The van der Waals surface area contributed by atoms with E-state index in [0.29, 0.717) is 5.65 Å². The van der Waals surface area contributed by atoms with Gasteiger partial charge in [-0.15, -0.1) is 0 Å². The zero-order chi connectivity index (χ0) is 13.4. The van der Waals surface area contributed by atoms with E-state index < -0.39 is 0 Å². The van der Waals surface area contributed by atoms with Crippen LogP contribution >= 0.6 is 12.6 Å². The van der Waals surface area contributed by atoms with E-state index in [-0.39, 0.29) is 11.2 Å². The molecule has 0 spiro atoms. The zero-order valence-corrected chi connectivity index (χ0v) is 11.2. The highest BCUT2D eigenvalue weighted by atomic mass is 32.1. The standard InChI is InChI=1S/C13H13N5S/c1-7-2-4-8(5-3-7)11(19)9-10-12(16-6-15-10)18-13(14)17-9/h2-6,11,19H,1H3,(H3,14,15,16,17,18). The van der Waals surface area contributed by atoms with Crippen molar-refractivity contribution in [2.75, 3.05) is 5.73 Å². The van der Waals surface area contributed by atoms with E-state index in [1.54, 1.807) is 6.33 Å². The summed E-state index contributed by atoms with van der Waals surface area (Å²) in [5.74, 6) is 0.209. The number of hydrogen-bond donors (Lipinski definition) is 3. The minimum Gasteiger partial charge on any atom is -0.368 e.